The number of ether oxygens (including phenoxy) is 1. The van der Waals surface area contributed by atoms with Crippen molar-refractivity contribution >= 4 is 11.3 Å². The Morgan fingerprint density at radius 1 is 1.33 bits per heavy atom. The molecule has 1 aromatic heterocycles. The lowest BCUT2D eigenvalue weighted by Crippen LogP contribution is -2.13. The Kier molecular flexibility index (Phi) is 3.99. The van der Waals surface area contributed by atoms with Gasteiger partial charge in [-0.05, 0) is 31.9 Å². The van der Waals surface area contributed by atoms with Gasteiger partial charge in [0.1, 0.15) is 5.75 Å². The summed E-state index contributed by atoms with van der Waals surface area (Å²) < 4.78 is 5.35. The van der Waals surface area contributed by atoms with Crippen LogP contribution in [0.2, 0.25) is 0 Å². The highest BCUT2D eigenvalue weighted by atomic mass is 32.1. The molecule has 0 saturated heterocycles. The summed E-state index contributed by atoms with van der Waals surface area (Å²) in [7, 11) is 1.69. The fourth-order valence-electron chi connectivity index (χ4n) is 2.09. The predicted molar refractivity (Wildman–Crippen MR) is 75.2 cm³/mol. The van der Waals surface area contributed by atoms with Crippen LogP contribution in [0, 0.1) is 13.8 Å². The first-order valence-corrected chi connectivity index (χ1v) is 6.75. The second-order valence-corrected chi connectivity index (χ2v) is 5.54. The molecule has 0 fully saturated rings. The molecule has 3 nitrogen and oxygen atoms in total. The van der Waals surface area contributed by atoms with Crippen molar-refractivity contribution in [1.29, 1.82) is 0 Å². The minimum Gasteiger partial charge on any atom is -0.496 e. The Balaban J connectivity index is 2.21. The Bertz CT molecular complexity index is 536. The molecule has 1 unspecified atom stereocenters. The lowest BCUT2D eigenvalue weighted by Gasteiger charge is -2.13. The van der Waals surface area contributed by atoms with Crippen LogP contribution in [0.4, 0.5) is 0 Å². The molecule has 96 valence electrons. The van der Waals surface area contributed by atoms with Gasteiger partial charge in [-0.25, -0.2) is 4.98 Å². The van der Waals surface area contributed by atoms with Gasteiger partial charge in [-0.1, -0.05) is 18.2 Å². The van der Waals surface area contributed by atoms with Crippen LogP contribution in [-0.2, 0) is 6.42 Å². The first-order valence-electron chi connectivity index (χ1n) is 5.93. The zero-order chi connectivity index (χ0) is 13.1. The van der Waals surface area contributed by atoms with E-state index in [1.54, 1.807) is 18.4 Å². The molecule has 0 aliphatic carbocycles. The first-order chi connectivity index (χ1) is 8.61. The van der Waals surface area contributed by atoms with Crippen molar-refractivity contribution in [3.63, 3.8) is 0 Å². The van der Waals surface area contributed by atoms with E-state index in [0.717, 1.165) is 28.4 Å². The molecular formula is C14H18N2OS. The number of nitrogens with zero attached hydrogens (tertiary/aromatic N) is 1. The number of hydrogen-bond acceptors (Lipinski definition) is 4. The summed E-state index contributed by atoms with van der Waals surface area (Å²) >= 11 is 1.68. The molecule has 0 radical (unpaired) electrons. The third kappa shape index (κ3) is 2.71. The molecule has 0 bridgehead atoms. The van der Waals surface area contributed by atoms with Crippen LogP contribution in [0.25, 0.3) is 0 Å². The summed E-state index contributed by atoms with van der Waals surface area (Å²) in [5.74, 6) is 0.895. The number of thiazole rings is 1. The number of aryl methyl sites for hydroxylation is 2. The molecule has 4 heteroatoms. The second kappa shape index (κ2) is 5.50. The number of rotatable bonds is 4. The van der Waals surface area contributed by atoms with Crippen LogP contribution in [0.15, 0.2) is 24.3 Å². The van der Waals surface area contributed by atoms with Crippen molar-refractivity contribution in [2.45, 2.75) is 26.3 Å². The maximum absolute atomic E-state index is 6.28. The van der Waals surface area contributed by atoms with Crippen molar-refractivity contribution < 1.29 is 4.74 Å². The number of methoxy groups -OCH3 is 1. The van der Waals surface area contributed by atoms with E-state index in [1.807, 2.05) is 32.0 Å². The lowest BCUT2D eigenvalue weighted by atomic mass is 10.0. The van der Waals surface area contributed by atoms with Gasteiger partial charge in [-0.2, -0.15) is 0 Å². The monoisotopic (exact) mass is 262 g/mol. The maximum atomic E-state index is 6.28. The Morgan fingerprint density at radius 3 is 2.67 bits per heavy atom. The van der Waals surface area contributed by atoms with E-state index in [-0.39, 0.29) is 6.04 Å². The summed E-state index contributed by atoms with van der Waals surface area (Å²) in [6, 6.07) is 7.98. The fourth-order valence-corrected chi connectivity index (χ4v) is 3.02. The van der Waals surface area contributed by atoms with Crippen LogP contribution in [0.5, 0.6) is 5.75 Å². The largest absolute Gasteiger partial charge is 0.496 e. The standard InChI is InChI=1S/C14H18N2OS/c1-9-14(18-10(2)16-9)12(15)8-11-6-4-5-7-13(11)17-3/h4-7,12H,8,15H2,1-3H3. The van der Waals surface area contributed by atoms with Crippen molar-refractivity contribution in [3.05, 3.63) is 45.4 Å². The molecule has 0 saturated carbocycles. The quantitative estimate of drug-likeness (QED) is 0.921. The van der Waals surface area contributed by atoms with Crippen molar-refractivity contribution in [3.8, 4) is 5.75 Å². The zero-order valence-electron chi connectivity index (χ0n) is 10.9. The van der Waals surface area contributed by atoms with Crippen LogP contribution >= 0.6 is 11.3 Å². The molecule has 0 spiro atoms. The van der Waals surface area contributed by atoms with Crippen LogP contribution in [-0.4, -0.2) is 12.1 Å². The molecule has 2 rings (SSSR count). The molecule has 0 aliphatic heterocycles. The topological polar surface area (TPSA) is 48.1 Å². The van der Waals surface area contributed by atoms with E-state index < -0.39 is 0 Å². The SMILES string of the molecule is COc1ccccc1CC(N)c1sc(C)nc1C. The highest BCUT2D eigenvalue weighted by Gasteiger charge is 2.15. The number of nitrogens with two attached hydrogens (primary N) is 1. The zero-order valence-corrected chi connectivity index (χ0v) is 11.8. The highest BCUT2D eigenvalue weighted by molar-refractivity contribution is 7.11. The summed E-state index contributed by atoms with van der Waals surface area (Å²) in [5.41, 5.74) is 8.46. The van der Waals surface area contributed by atoms with E-state index in [0.29, 0.717) is 0 Å². The van der Waals surface area contributed by atoms with Gasteiger partial charge in [0.2, 0.25) is 0 Å². The summed E-state index contributed by atoms with van der Waals surface area (Å²) in [6.45, 7) is 4.03. The van der Waals surface area contributed by atoms with Crippen LogP contribution in [0.1, 0.15) is 27.2 Å². The fraction of sp³-hybridized carbons (Fsp3) is 0.357. The molecule has 2 N–H and O–H groups in total. The van der Waals surface area contributed by atoms with Gasteiger partial charge >= 0.3 is 0 Å². The third-order valence-electron chi connectivity index (χ3n) is 2.91. The predicted octanol–water partition coefficient (Wildman–Crippen LogP) is 3.01. The Labute approximate surface area is 112 Å². The van der Waals surface area contributed by atoms with Crippen LogP contribution in [0.3, 0.4) is 0 Å². The minimum atomic E-state index is -0.0208. The van der Waals surface area contributed by atoms with E-state index >= 15 is 0 Å². The van der Waals surface area contributed by atoms with Gasteiger partial charge in [0.15, 0.2) is 0 Å². The van der Waals surface area contributed by atoms with Gasteiger partial charge in [-0.15, -0.1) is 11.3 Å². The summed E-state index contributed by atoms with van der Waals surface area (Å²) in [6.07, 6.45) is 0.770. The average molecular weight is 262 g/mol. The molecule has 1 atom stereocenters. The van der Waals surface area contributed by atoms with E-state index in [2.05, 4.69) is 11.1 Å². The van der Waals surface area contributed by atoms with Crippen molar-refractivity contribution in [1.82, 2.24) is 4.98 Å². The highest BCUT2D eigenvalue weighted by Crippen LogP contribution is 2.28. The number of aromatic nitrogens is 1. The minimum absolute atomic E-state index is 0.0208. The van der Waals surface area contributed by atoms with Crippen molar-refractivity contribution in [2.75, 3.05) is 7.11 Å². The van der Waals surface area contributed by atoms with Gasteiger partial charge in [0.05, 0.1) is 17.8 Å². The number of para-hydroxylation sites is 1. The van der Waals surface area contributed by atoms with E-state index in [4.69, 9.17) is 10.5 Å². The molecule has 1 aromatic carbocycles. The molecule has 2 aromatic rings. The van der Waals surface area contributed by atoms with Gasteiger partial charge < -0.3 is 10.5 Å². The number of hydrogen-bond donors (Lipinski definition) is 1. The summed E-state index contributed by atoms with van der Waals surface area (Å²) in [4.78, 5) is 5.59. The normalized spacial score (nSPS) is 12.4. The lowest BCUT2D eigenvalue weighted by molar-refractivity contribution is 0.408. The molecule has 0 aliphatic rings. The van der Waals surface area contributed by atoms with Gasteiger partial charge in [-0.3, -0.25) is 0 Å². The van der Waals surface area contributed by atoms with Crippen LogP contribution < -0.4 is 10.5 Å². The van der Waals surface area contributed by atoms with E-state index in [1.165, 1.54) is 4.88 Å². The van der Waals surface area contributed by atoms with Gasteiger partial charge in [0, 0.05) is 10.9 Å². The van der Waals surface area contributed by atoms with E-state index in [9.17, 15) is 0 Å². The molecule has 18 heavy (non-hydrogen) atoms. The van der Waals surface area contributed by atoms with Gasteiger partial charge in [0.25, 0.3) is 0 Å². The Morgan fingerprint density at radius 2 is 2.06 bits per heavy atom. The Hall–Kier alpha value is -1.39. The third-order valence-corrected chi connectivity index (χ3v) is 4.11. The molecule has 1 heterocycles. The smallest absolute Gasteiger partial charge is 0.122 e. The maximum Gasteiger partial charge on any atom is 0.122 e. The average Bonchev–Trinajstić information content (AvgIpc) is 2.69. The number of benzene rings is 1. The molecular weight excluding hydrogens is 244 g/mol. The first kappa shape index (κ1) is 13.1. The second-order valence-electron chi connectivity index (χ2n) is 4.31. The molecule has 0 amide bonds. The van der Waals surface area contributed by atoms with Crippen molar-refractivity contribution in [2.24, 2.45) is 5.73 Å². The summed E-state index contributed by atoms with van der Waals surface area (Å²) in [5, 5.41) is 1.07.